The average molecular weight is 509 g/mol. The van der Waals surface area contributed by atoms with Crippen LogP contribution in [0.15, 0.2) is 78.9 Å². The fraction of sp³-hybridized carbons (Fsp3) is 0.371. The van der Waals surface area contributed by atoms with Crippen molar-refractivity contribution in [1.29, 1.82) is 0 Å². The number of carbonyl (C=O) groups is 2. The van der Waals surface area contributed by atoms with Gasteiger partial charge in [-0.1, -0.05) is 92.9 Å². The first-order valence-electron chi connectivity index (χ1n) is 14.2. The second kappa shape index (κ2) is 12.0. The summed E-state index contributed by atoms with van der Waals surface area (Å²) in [5, 5.41) is 0. The van der Waals surface area contributed by atoms with Gasteiger partial charge in [-0.05, 0) is 72.1 Å². The van der Waals surface area contributed by atoms with Crippen molar-refractivity contribution in [3.8, 4) is 0 Å². The standard InChI is InChI=1S/C35H37FO2/c1-2-24-14-9-15-31(30(24)20-21-34(37)26-10-5-3-6-11-26)32-22-28(25-16-18-29(36)19-17-25)23-33(32)35(38)27-12-7-4-8-13-27/h3,5-6,9-11,14-19,23,27,32-33H,2,4,7-8,12-13,20-22H2,1H3. The van der Waals surface area contributed by atoms with Crippen molar-refractivity contribution in [3.05, 3.63) is 113 Å². The minimum absolute atomic E-state index is 0.0396. The van der Waals surface area contributed by atoms with E-state index < -0.39 is 0 Å². The normalized spacial score (nSPS) is 19.8. The minimum Gasteiger partial charge on any atom is -0.299 e. The van der Waals surface area contributed by atoms with Gasteiger partial charge < -0.3 is 0 Å². The van der Waals surface area contributed by atoms with E-state index in [0.717, 1.165) is 55.2 Å². The second-order valence-electron chi connectivity index (χ2n) is 10.9. The largest absolute Gasteiger partial charge is 0.299 e. The molecule has 2 atom stereocenters. The van der Waals surface area contributed by atoms with Gasteiger partial charge in [0, 0.05) is 29.7 Å². The van der Waals surface area contributed by atoms with Gasteiger partial charge in [-0.25, -0.2) is 4.39 Å². The molecule has 1 fully saturated rings. The third kappa shape index (κ3) is 5.72. The van der Waals surface area contributed by atoms with Crippen molar-refractivity contribution in [2.75, 3.05) is 0 Å². The lowest BCUT2D eigenvalue weighted by molar-refractivity contribution is -0.126. The van der Waals surface area contributed by atoms with Crippen molar-refractivity contribution >= 4 is 17.1 Å². The van der Waals surface area contributed by atoms with Crippen molar-refractivity contribution < 1.29 is 14.0 Å². The monoisotopic (exact) mass is 508 g/mol. The summed E-state index contributed by atoms with van der Waals surface area (Å²) in [6.07, 6.45) is 10.3. The van der Waals surface area contributed by atoms with Crippen LogP contribution in [0.2, 0.25) is 0 Å². The van der Waals surface area contributed by atoms with Crippen LogP contribution in [0.5, 0.6) is 0 Å². The topological polar surface area (TPSA) is 34.1 Å². The van der Waals surface area contributed by atoms with Gasteiger partial charge >= 0.3 is 0 Å². The number of aryl methyl sites for hydroxylation is 1. The van der Waals surface area contributed by atoms with Crippen LogP contribution in [-0.2, 0) is 17.6 Å². The van der Waals surface area contributed by atoms with Crippen LogP contribution in [0.3, 0.4) is 0 Å². The van der Waals surface area contributed by atoms with Crippen LogP contribution in [-0.4, -0.2) is 11.6 Å². The predicted octanol–water partition coefficient (Wildman–Crippen LogP) is 8.54. The summed E-state index contributed by atoms with van der Waals surface area (Å²) in [7, 11) is 0. The number of carbonyl (C=O) groups excluding carboxylic acids is 2. The number of Topliss-reactive ketones (excluding diaryl/α,β-unsaturated/α-hetero) is 2. The molecule has 1 saturated carbocycles. The molecule has 0 spiro atoms. The van der Waals surface area contributed by atoms with Crippen LogP contribution >= 0.6 is 0 Å². The van der Waals surface area contributed by atoms with Gasteiger partial charge in [0.1, 0.15) is 11.6 Å². The SMILES string of the molecule is CCc1cccc(C2CC(c3ccc(F)cc3)=CC2C(=O)C2CCCCC2)c1CCC(=O)c1ccccc1. The molecule has 0 saturated heterocycles. The minimum atomic E-state index is -0.250. The van der Waals surface area contributed by atoms with E-state index >= 15 is 0 Å². The van der Waals surface area contributed by atoms with Crippen molar-refractivity contribution in [1.82, 2.24) is 0 Å². The highest BCUT2D eigenvalue weighted by atomic mass is 19.1. The quantitative estimate of drug-likeness (QED) is 0.271. The number of hydrogen-bond donors (Lipinski definition) is 0. The maximum atomic E-state index is 14.0. The fourth-order valence-corrected chi connectivity index (χ4v) is 6.53. The molecule has 2 aliphatic carbocycles. The maximum Gasteiger partial charge on any atom is 0.163 e. The smallest absolute Gasteiger partial charge is 0.163 e. The van der Waals surface area contributed by atoms with E-state index in [9.17, 15) is 14.0 Å². The number of hydrogen-bond acceptors (Lipinski definition) is 2. The van der Waals surface area contributed by atoms with Crippen molar-refractivity contribution in [3.63, 3.8) is 0 Å². The molecule has 0 bridgehead atoms. The predicted molar refractivity (Wildman–Crippen MR) is 152 cm³/mol. The Balaban J connectivity index is 1.48. The van der Waals surface area contributed by atoms with Gasteiger partial charge in [0.25, 0.3) is 0 Å². The van der Waals surface area contributed by atoms with Gasteiger partial charge in [-0.2, -0.15) is 0 Å². The molecule has 3 aromatic carbocycles. The Labute approximate surface area is 226 Å². The molecule has 3 aromatic rings. The van der Waals surface area contributed by atoms with E-state index in [1.165, 1.54) is 35.2 Å². The summed E-state index contributed by atoms with van der Waals surface area (Å²) < 4.78 is 13.7. The molecule has 0 aromatic heterocycles. The lowest BCUT2D eigenvalue weighted by Gasteiger charge is -2.28. The first-order chi connectivity index (χ1) is 18.5. The first kappa shape index (κ1) is 26.3. The number of rotatable bonds is 9. The summed E-state index contributed by atoms with van der Waals surface area (Å²) in [6, 6.07) is 22.6. The average Bonchev–Trinajstić information content (AvgIpc) is 3.42. The highest BCUT2D eigenvalue weighted by molar-refractivity contribution is 5.96. The highest BCUT2D eigenvalue weighted by Crippen LogP contribution is 2.47. The second-order valence-corrected chi connectivity index (χ2v) is 10.9. The molecule has 0 aliphatic heterocycles. The van der Waals surface area contributed by atoms with E-state index in [1.54, 1.807) is 0 Å². The molecule has 5 rings (SSSR count). The Hall–Kier alpha value is -3.33. The number of halogens is 1. The molecule has 0 heterocycles. The van der Waals surface area contributed by atoms with E-state index in [2.05, 4.69) is 31.2 Å². The molecular formula is C35H37FO2. The molecule has 2 unspecified atom stereocenters. The van der Waals surface area contributed by atoms with Crippen LogP contribution in [0.25, 0.3) is 5.57 Å². The zero-order chi connectivity index (χ0) is 26.5. The van der Waals surface area contributed by atoms with Crippen LogP contribution in [0, 0.1) is 17.7 Å². The van der Waals surface area contributed by atoms with E-state index in [0.29, 0.717) is 18.6 Å². The lowest BCUT2D eigenvalue weighted by atomic mass is 9.75. The Bertz CT molecular complexity index is 1300. The molecular weight excluding hydrogens is 471 g/mol. The summed E-state index contributed by atoms with van der Waals surface area (Å²) in [6.45, 7) is 2.16. The lowest BCUT2D eigenvalue weighted by Crippen LogP contribution is -2.27. The van der Waals surface area contributed by atoms with Gasteiger partial charge in [-0.15, -0.1) is 0 Å². The van der Waals surface area contributed by atoms with Crippen LogP contribution < -0.4 is 0 Å². The maximum absolute atomic E-state index is 14.0. The van der Waals surface area contributed by atoms with Crippen LogP contribution in [0.4, 0.5) is 4.39 Å². The van der Waals surface area contributed by atoms with E-state index in [4.69, 9.17) is 0 Å². The van der Waals surface area contributed by atoms with Crippen LogP contribution in [0.1, 0.15) is 90.4 Å². The Morgan fingerprint density at radius 3 is 2.32 bits per heavy atom. The number of ketones is 2. The zero-order valence-corrected chi connectivity index (χ0v) is 22.3. The third-order valence-electron chi connectivity index (χ3n) is 8.59. The molecule has 196 valence electrons. The van der Waals surface area contributed by atoms with Gasteiger partial charge in [-0.3, -0.25) is 9.59 Å². The number of allylic oxidation sites excluding steroid dienone is 2. The molecule has 0 radical (unpaired) electrons. The summed E-state index contributed by atoms with van der Waals surface area (Å²) >= 11 is 0. The Morgan fingerprint density at radius 1 is 0.868 bits per heavy atom. The van der Waals surface area contributed by atoms with Gasteiger partial charge in [0.05, 0.1) is 0 Å². The summed E-state index contributed by atoms with van der Waals surface area (Å²) in [4.78, 5) is 27.0. The zero-order valence-electron chi connectivity index (χ0n) is 22.3. The highest BCUT2D eigenvalue weighted by Gasteiger charge is 2.38. The molecule has 3 heteroatoms. The molecule has 0 N–H and O–H groups in total. The molecule has 2 aliphatic rings. The summed E-state index contributed by atoms with van der Waals surface area (Å²) in [5.41, 5.74) is 6.53. The van der Waals surface area contributed by atoms with E-state index in [1.807, 2.05) is 42.5 Å². The Morgan fingerprint density at radius 2 is 1.61 bits per heavy atom. The fourth-order valence-electron chi connectivity index (χ4n) is 6.53. The van der Waals surface area contributed by atoms with Gasteiger partial charge in [0.15, 0.2) is 5.78 Å². The van der Waals surface area contributed by atoms with Gasteiger partial charge in [0.2, 0.25) is 0 Å². The molecule has 38 heavy (non-hydrogen) atoms. The summed E-state index contributed by atoms with van der Waals surface area (Å²) in [5.74, 6) is 0.234. The third-order valence-corrected chi connectivity index (χ3v) is 8.59. The van der Waals surface area contributed by atoms with Crippen molar-refractivity contribution in [2.24, 2.45) is 11.8 Å². The molecule has 0 amide bonds. The van der Waals surface area contributed by atoms with Crippen molar-refractivity contribution in [2.45, 2.75) is 70.6 Å². The number of benzene rings is 3. The Kier molecular flexibility index (Phi) is 8.32. The molecule has 2 nitrogen and oxygen atoms in total. The van der Waals surface area contributed by atoms with E-state index in [-0.39, 0.29) is 29.4 Å². The first-order valence-corrected chi connectivity index (χ1v) is 14.2.